The Bertz CT molecular complexity index is 924. The summed E-state index contributed by atoms with van der Waals surface area (Å²) in [6.45, 7) is 6.67. The van der Waals surface area contributed by atoms with Crippen molar-refractivity contribution in [3.63, 3.8) is 0 Å². The Kier molecular flexibility index (Phi) is 5.20. The number of amides is 1. The summed E-state index contributed by atoms with van der Waals surface area (Å²) >= 11 is 0. The third kappa shape index (κ3) is 3.17. The molecule has 1 atom stereocenters. The number of fused-ring (bicyclic) bond motifs is 1. The van der Waals surface area contributed by atoms with Gasteiger partial charge in [0.1, 0.15) is 11.8 Å². The molecule has 3 rings (SSSR count). The fourth-order valence-corrected chi connectivity index (χ4v) is 5.36. The lowest BCUT2D eigenvalue weighted by Crippen LogP contribution is -2.59. The Morgan fingerprint density at radius 2 is 1.88 bits per heavy atom. The van der Waals surface area contributed by atoms with E-state index in [9.17, 15) is 13.2 Å². The van der Waals surface area contributed by atoms with Gasteiger partial charge in [0.25, 0.3) is 0 Å². The topological polar surface area (TPSA) is 75.7 Å². The van der Waals surface area contributed by atoms with E-state index in [1.54, 1.807) is 24.3 Å². The molecule has 0 radical (unpaired) electrons. The number of hydrogen-bond donors (Lipinski definition) is 1. The molecule has 1 aliphatic rings. The minimum atomic E-state index is -3.83. The second-order valence-corrected chi connectivity index (χ2v) is 8.50. The minimum absolute atomic E-state index is 0.126. The first-order chi connectivity index (χ1) is 12.4. The third-order valence-electron chi connectivity index (χ3n) is 4.57. The molecule has 0 saturated carbocycles. The van der Waals surface area contributed by atoms with Crippen molar-refractivity contribution in [2.45, 2.75) is 31.7 Å². The fourth-order valence-electron chi connectivity index (χ4n) is 3.45. The maximum absolute atomic E-state index is 13.4. The Balaban J connectivity index is 2.16. The van der Waals surface area contributed by atoms with Gasteiger partial charge in [0.2, 0.25) is 15.9 Å². The first-order valence-electron chi connectivity index (χ1n) is 8.82. The van der Waals surface area contributed by atoms with Gasteiger partial charge in [-0.15, -0.1) is 0 Å². The summed E-state index contributed by atoms with van der Waals surface area (Å²) in [4.78, 5) is 12.5. The van der Waals surface area contributed by atoms with Crippen molar-refractivity contribution in [2.75, 3.05) is 19.7 Å². The molecular weight excluding hydrogens is 352 g/mol. The van der Waals surface area contributed by atoms with Gasteiger partial charge in [-0.2, -0.15) is 4.31 Å². The number of carbonyl (C=O) groups excluding carboxylic acids is 1. The average molecular weight is 376 g/mol. The van der Waals surface area contributed by atoms with Gasteiger partial charge < -0.3 is 10.1 Å². The number of piperazine rings is 1. The van der Waals surface area contributed by atoms with Crippen LogP contribution in [0.5, 0.6) is 5.75 Å². The van der Waals surface area contributed by atoms with Crippen LogP contribution < -0.4 is 10.1 Å². The predicted molar refractivity (Wildman–Crippen MR) is 101 cm³/mol. The number of sulfonamides is 1. The molecule has 140 valence electrons. The molecule has 1 heterocycles. The van der Waals surface area contributed by atoms with Gasteiger partial charge in [-0.1, -0.05) is 38.1 Å². The van der Waals surface area contributed by atoms with E-state index in [0.717, 1.165) is 5.39 Å². The molecule has 0 bridgehead atoms. The van der Waals surface area contributed by atoms with E-state index in [0.29, 0.717) is 24.3 Å². The molecule has 6 nitrogen and oxygen atoms in total. The highest BCUT2D eigenvalue weighted by Crippen LogP contribution is 2.34. The lowest BCUT2D eigenvalue weighted by Gasteiger charge is -2.36. The molecule has 1 aliphatic heterocycles. The van der Waals surface area contributed by atoms with Crippen LogP contribution in [-0.4, -0.2) is 44.4 Å². The Morgan fingerprint density at radius 1 is 1.19 bits per heavy atom. The summed E-state index contributed by atoms with van der Waals surface area (Å²) in [5.74, 6) is 0.281. The van der Waals surface area contributed by atoms with E-state index < -0.39 is 16.1 Å². The molecule has 1 N–H and O–H groups in total. The third-order valence-corrected chi connectivity index (χ3v) is 6.51. The van der Waals surface area contributed by atoms with Gasteiger partial charge in [-0.3, -0.25) is 4.79 Å². The van der Waals surface area contributed by atoms with Crippen molar-refractivity contribution < 1.29 is 17.9 Å². The Labute approximate surface area is 154 Å². The first kappa shape index (κ1) is 18.7. The van der Waals surface area contributed by atoms with E-state index in [2.05, 4.69) is 5.32 Å². The highest BCUT2D eigenvalue weighted by Gasteiger charge is 2.40. The van der Waals surface area contributed by atoms with Crippen LogP contribution in [0.3, 0.4) is 0 Å². The van der Waals surface area contributed by atoms with Crippen LogP contribution >= 0.6 is 0 Å². The SMILES string of the molecule is CCOc1ccc(S(=O)(=O)N2CCNC(=O)C2C(C)C)c2ccccc12. The van der Waals surface area contributed by atoms with Crippen LogP contribution in [0.4, 0.5) is 0 Å². The van der Waals surface area contributed by atoms with Gasteiger partial charge >= 0.3 is 0 Å². The van der Waals surface area contributed by atoms with Crippen molar-refractivity contribution in [3.8, 4) is 5.75 Å². The van der Waals surface area contributed by atoms with Gasteiger partial charge in [-0.25, -0.2) is 8.42 Å². The maximum atomic E-state index is 13.4. The maximum Gasteiger partial charge on any atom is 0.244 e. The lowest BCUT2D eigenvalue weighted by molar-refractivity contribution is -0.128. The van der Waals surface area contributed by atoms with Crippen LogP contribution in [0.25, 0.3) is 10.8 Å². The highest BCUT2D eigenvalue weighted by molar-refractivity contribution is 7.89. The normalized spacial score (nSPS) is 18.9. The van der Waals surface area contributed by atoms with Crippen molar-refractivity contribution in [1.82, 2.24) is 9.62 Å². The number of benzene rings is 2. The molecule has 2 aromatic carbocycles. The van der Waals surface area contributed by atoms with Crippen molar-refractivity contribution in [1.29, 1.82) is 0 Å². The number of rotatable bonds is 5. The molecule has 0 aliphatic carbocycles. The number of hydrogen-bond acceptors (Lipinski definition) is 4. The van der Waals surface area contributed by atoms with Crippen molar-refractivity contribution in [3.05, 3.63) is 36.4 Å². The van der Waals surface area contributed by atoms with E-state index in [1.165, 1.54) is 4.31 Å². The van der Waals surface area contributed by atoms with E-state index in [1.807, 2.05) is 32.9 Å². The largest absolute Gasteiger partial charge is 0.493 e. The van der Waals surface area contributed by atoms with Gasteiger partial charge in [0.05, 0.1) is 11.5 Å². The zero-order valence-corrected chi connectivity index (χ0v) is 16.0. The van der Waals surface area contributed by atoms with E-state index in [4.69, 9.17) is 4.74 Å². The molecule has 0 aromatic heterocycles. The fraction of sp³-hybridized carbons (Fsp3) is 0.421. The van der Waals surface area contributed by atoms with Crippen LogP contribution in [0.1, 0.15) is 20.8 Å². The number of ether oxygens (including phenoxy) is 1. The summed E-state index contributed by atoms with van der Waals surface area (Å²) in [5.41, 5.74) is 0. The Hall–Kier alpha value is -2.12. The number of nitrogens with zero attached hydrogens (tertiary/aromatic N) is 1. The number of carbonyl (C=O) groups is 1. The second kappa shape index (κ2) is 7.25. The summed E-state index contributed by atoms with van der Waals surface area (Å²) in [5, 5.41) is 4.12. The first-order valence-corrected chi connectivity index (χ1v) is 10.3. The summed E-state index contributed by atoms with van der Waals surface area (Å²) in [7, 11) is -3.83. The Morgan fingerprint density at radius 3 is 2.54 bits per heavy atom. The standard InChI is InChI=1S/C19H24N2O4S/c1-4-25-16-9-10-17(15-8-6-5-7-14(15)16)26(23,24)21-12-11-20-19(22)18(21)13(2)3/h5-10,13,18H,4,11-12H2,1-3H3,(H,20,22). The molecule has 1 saturated heterocycles. The summed E-state index contributed by atoms with van der Waals surface area (Å²) < 4.78 is 33.8. The lowest BCUT2D eigenvalue weighted by atomic mass is 10.0. The van der Waals surface area contributed by atoms with Gasteiger partial charge in [0.15, 0.2) is 0 Å². The summed E-state index contributed by atoms with van der Waals surface area (Å²) in [6, 6.07) is 9.84. The molecule has 7 heteroatoms. The monoisotopic (exact) mass is 376 g/mol. The predicted octanol–water partition coefficient (Wildman–Crippen LogP) is 2.38. The second-order valence-electron chi connectivity index (χ2n) is 6.64. The summed E-state index contributed by atoms with van der Waals surface area (Å²) in [6.07, 6.45) is 0. The molecular formula is C19H24N2O4S. The molecule has 2 aromatic rings. The number of nitrogens with one attached hydrogen (secondary N) is 1. The average Bonchev–Trinajstić information content (AvgIpc) is 2.61. The van der Waals surface area contributed by atoms with Crippen molar-refractivity contribution >= 4 is 26.7 Å². The van der Waals surface area contributed by atoms with E-state index in [-0.39, 0.29) is 23.3 Å². The van der Waals surface area contributed by atoms with Crippen LogP contribution in [0, 0.1) is 5.92 Å². The quantitative estimate of drug-likeness (QED) is 0.869. The van der Waals surface area contributed by atoms with Crippen LogP contribution in [-0.2, 0) is 14.8 Å². The van der Waals surface area contributed by atoms with Gasteiger partial charge in [0, 0.05) is 23.9 Å². The van der Waals surface area contributed by atoms with Crippen LogP contribution in [0.2, 0.25) is 0 Å². The minimum Gasteiger partial charge on any atom is -0.493 e. The zero-order valence-electron chi connectivity index (χ0n) is 15.2. The molecule has 1 fully saturated rings. The van der Waals surface area contributed by atoms with Crippen molar-refractivity contribution in [2.24, 2.45) is 5.92 Å². The molecule has 1 unspecified atom stereocenters. The van der Waals surface area contributed by atoms with Crippen LogP contribution in [0.15, 0.2) is 41.3 Å². The smallest absolute Gasteiger partial charge is 0.244 e. The molecule has 1 amide bonds. The molecule has 26 heavy (non-hydrogen) atoms. The zero-order chi connectivity index (χ0) is 18.9. The van der Waals surface area contributed by atoms with E-state index >= 15 is 0 Å². The van der Waals surface area contributed by atoms with Gasteiger partial charge in [-0.05, 0) is 25.0 Å². The molecule has 0 spiro atoms. The highest BCUT2D eigenvalue weighted by atomic mass is 32.2.